The number of halogens is 3. The monoisotopic (exact) mass is 487 g/mol. The minimum Gasteiger partial charge on any atom is -0.495 e. The Kier molecular flexibility index (Phi) is 6.62. The van der Waals surface area contributed by atoms with Gasteiger partial charge in [-0.05, 0) is 45.7 Å². The fourth-order valence-electron chi connectivity index (χ4n) is 4.67. The van der Waals surface area contributed by atoms with Gasteiger partial charge in [0.15, 0.2) is 0 Å². The summed E-state index contributed by atoms with van der Waals surface area (Å²) in [4.78, 5) is 6.82. The summed E-state index contributed by atoms with van der Waals surface area (Å²) in [5, 5.41) is 14.5. The van der Waals surface area contributed by atoms with Crippen molar-refractivity contribution in [1.82, 2.24) is 4.98 Å². The zero-order valence-electron chi connectivity index (χ0n) is 20.8. The maximum absolute atomic E-state index is 15.0. The van der Waals surface area contributed by atoms with Crippen LogP contribution in [0.5, 0.6) is 5.75 Å². The van der Waals surface area contributed by atoms with Crippen molar-refractivity contribution in [3.05, 3.63) is 59.0 Å². The van der Waals surface area contributed by atoms with Gasteiger partial charge in [0, 0.05) is 48.4 Å². The van der Waals surface area contributed by atoms with E-state index in [0.29, 0.717) is 44.1 Å². The topological polar surface area (TPSA) is 57.6 Å². The second-order valence-corrected chi connectivity index (χ2v) is 9.80. The Balaban J connectivity index is 1.74. The van der Waals surface area contributed by atoms with Crippen LogP contribution in [0.25, 0.3) is 10.9 Å². The van der Waals surface area contributed by atoms with Crippen molar-refractivity contribution in [3.8, 4) is 5.75 Å². The van der Waals surface area contributed by atoms with Crippen molar-refractivity contribution in [3.63, 3.8) is 0 Å². The summed E-state index contributed by atoms with van der Waals surface area (Å²) in [7, 11) is 1.61. The van der Waals surface area contributed by atoms with Crippen molar-refractivity contribution in [2.45, 2.75) is 58.1 Å². The quantitative estimate of drug-likeness (QED) is 0.426. The molecule has 1 aliphatic heterocycles. The van der Waals surface area contributed by atoms with E-state index in [4.69, 9.17) is 4.74 Å². The lowest BCUT2D eigenvalue weighted by Gasteiger charge is -2.37. The smallest absolute Gasteiger partial charge is 0.273 e. The number of methoxy groups -OCH3 is 1. The first-order chi connectivity index (χ1) is 16.4. The third-order valence-corrected chi connectivity index (χ3v) is 6.76. The molecule has 4 rings (SSSR count). The van der Waals surface area contributed by atoms with Crippen LogP contribution >= 0.6 is 0 Å². The number of rotatable bonds is 6. The number of alkyl halides is 2. The largest absolute Gasteiger partial charge is 0.495 e. The van der Waals surface area contributed by atoms with E-state index < -0.39 is 28.9 Å². The number of fused-ring (bicyclic) bond motifs is 1. The summed E-state index contributed by atoms with van der Waals surface area (Å²) in [6.45, 7) is 7.51. The predicted octanol–water partition coefficient (Wildman–Crippen LogP) is 6.33. The molecule has 0 aliphatic carbocycles. The summed E-state index contributed by atoms with van der Waals surface area (Å²) >= 11 is 0. The Hall–Kier alpha value is -3.00. The second-order valence-electron chi connectivity index (χ2n) is 9.80. The number of piperidine rings is 1. The molecule has 0 saturated carbocycles. The molecule has 5 nitrogen and oxygen atoms in total. The van der Waals surface area contributed by atoms with Crippen LogP contribution in [0.3, 0.4) is 0 Å². The Labute approximate surface area is 203 Å². The minimum atomic E-state index is -3.27. The van der Waals surface area contributed by atoms with E-state index in [0.717, 1.165) is 28.5 Å². The van der Waals surface area contributed by atoms with E-state index in [9.17, 15) is 13.9 Å². The van der Waals surface area contributed by atoms with Gasteiger partial charge in [0.05, 0.1) is 35.5 Å². The van der Waals surface area contributed by atoms with Gasteiger partial charge >= 0.3 is 0 Å². The van der Waals surface area contributed by atoms with Crippen molar-refractivity contribution in [2.75, 3.05) is 30.4 Å². The molecule has 2 heterocycles. The van der Waals surface area contributed by atoms with Crippen LogP contribution in [0.1, 0.15) is 56.5 Å². The van der Waals surface area contributed by atoms with Gasteiger partial charge in [-0.15, -0.1) is 0 Å². The van der Waals surface area contributed by atoms with Gasteiger partial charge in [-0.25, -0.2) is 13.2 Å². The third kappa shape index (κ3) is 5.17. The number of aromatic nitrogens is 1. The summed E-state index contributed by atoms with van der Waals surface area (Å²) in [5.41, 5.74) is 1.93. The number of nitrogens with one attached hydrogen (secondary N) is 1. The lowest BCUT2D eigenvalue weighted by atomic mass is 9.93. The molecule has 1 aliphatic rings. The van der Waals surface area contributed by atoms with Gasteiger partial charge in [0.1, 0.15) is 11.6 Å². The van der Waals surface area contributed by atoms with E-state index in [-0.39, 0.29) is 5.56 Å². The van der Waals surface area contributed by atoms with Gasteiger partial charge in [-0.1, -0.05) is 18.2 Å². The van der Waals surface area contributed by atoms with Crippen LogP contribution in [-0.2, 0) is 5.92 Å². The molecular weight excluding hydrogens is 455 g/mol. The van der Waals surface area contributed by atoms with Gasteiger partial charge in [0.2, 0.25) is 0 Å². The molecule has 1 atom stereocenters. The van der Waals surface area contributed by atoms with Crippen molar-refractivity contribution >= 4 is 22.3 Å². The molecule has 35 heavy (non-hydrogen) atoms. The van der Waals surface area contributed by atoms with Crippen molar-refractivity contribution < 1.29 is 23.0 Å². The molecule has 0 unspecified atom stereocenters. The first-order valence-electron chi connectivity index (χ1n) is 11.8. The fraction of sp³-hybridized carbons (Fsp3) is 0.444. The summed E-state index contributed by atoms with van der Waals surface area (Å²) in [6, 6.07) is 9.25. The first kappa shape index (κ1) is 25.1. The predicted molar refractivity (Wildman–Crippen MR) is 133 cm³/mol. The number of benzene rings is 2. The molecule has 0 bridgehead atoms. The van der Waals surface area contributed by atoms with Crippen molar-refractivity contribution in [1.29, 1.82) is 0 Å². The number of nitrogens with zero attached hydrogens (tertiary/aromatic N) is 2. The Morgan fingerprint density at radius 3 is 2.51 bits per heavy atom. The number of aliphatic hydroxyl groups is 1. The molecular formula is C27H32F3N3O2. The minimum absolute atomic E-state index is 0.165. The molecule has 1 fully saturated rings. The SMILES string of the molecule is COc1cc2nc(C)cc(N[C@H](C)c3cccc(C(C)(F)F)c3F)c2cc1N1CCC(C)(O)CC1. The number of aryl methyl sites for hydroxylation is 1. The van der Waals surface area contributed by atoms with Crippen LogP contribution in [0.2, 0.25) is 0 Å². The molecule has 3 aromatic rings. The molecule has 0 radical (unpaired) electrons. The molecule has 1 saturated heterocycles. The zero-order chi connectivity index (χ0) is 25.5. The number of pyridine rings is 1. The zero-order valence-corrected chi connectivity index (χ0v) is 20.8. The Morgan fingerprint density at radius 1 is 1.20 bits per heavy atom. The number of ether oxygens (including phenoxy) is 1. The van der Waals surface area contributed by atoms with Crippen LogP contribution in [0.4, 0.5) is 24.5 Å². The number of hydrogen-bond donors (Lipinski definition) is 2. The van der Waals surface area contributed by atoms with Crippen LogP contribution in [0.15, 0.2) is 36.4 Å². The summed E-state index contributed by atoms with van der Waals surface area (Å²) in [6.07, 6.45) is 1.28. The number of hydrogen-bond acceptors (Lipinski definition) is 5. The van der Waals surface area contributed by atoms with Gasteiger partial charge in [-0.2, -0.15) is 0 Å². The average molecular weight is 488 g/mol. The molecule has 2 aromatic carbocycles. The lowest BCUT2D eigenvalue weighted by molar-refractivity contribution is 0.0135. The van der Waals surface area contributed by atoms with E-state index >= 15 is 4.39 Å². The molecule has 1 aromatic heterocycles. The summed E-state index contributed by atoms with van der Waals surface area (Å²) in [5.74, 6) is -3.50. The van der Waals surface area contributed by atoms with Crippen LogP contribution in [-0.4, -0.2) is 35.9 Å². The Morgan fingerprint density at radius 2 is 1.89 bits per heavy atom. The highest BCUT2D eigenvalue weighted by Gasteiger charge is 2.31. The van der Waals surface area contributed by atoms with Crippen LogP contribution < -0.4 is 15.0 Å². The standard InChI is InChI=1S/C27H32F3N3O2/c1-16-13-21(32-17(2)18-7-6-8-20(25(18)28)27(4,29)30)19-14-23(24(35-5)15-22(19)31-16)33-11-9-26(3,34)10-12-33/h6-8,13-15,17,34H,9-12H2,1-5H3,(H,31,32)/t17-/m1/s1. The van der Waals surface area contributed by atoms with E-state index in [2.05, 4.69) is 15.2 Å². The van der Waals surface area contributed by atoms with Crippen LogP contribution in [0, 0.1) is 12.7 Å². The average Bonchev–Trinajstić information content (AvgIpc) is 2.77. The first-order valence-corrected chi connectivity index (χ1v) is 11.8. The number of anilines is 2. The highest BCUT2D eigenvalue weighted by molar-refractivity contribution is 5.96. The van der Waals surface area contributed by atoms with Gasteiger partial charge in [-0.3, -0.25) is 4.98 Å². The van der Waals surface area contributed by atoms with Crippen molar-refractivity contribution in [2.24, 2.45) is 0 Å². The van der Waals surface area contributed by atoms with E-state index in [1.165, 1.54) is 12.1 Å². The molecule has 188 valence electrons. The van der Waals surface area contributed by atoms with E-state index in [1.54, 1.807) is 14.0 Å². The molecule has 0 spiro atoms. The van der Waals surface area contributed by atoms with Gasteiger partial charge in [0.25, 0.3) is 5.92 Å². The molecule has 8 heteroatoms. The maximum Gasteiger partial charge on any atom is 0.273 e. The normalized spacial score (nSPS) is 16.9. The lowest BCUT2D eigenvalue weighted by Crippen LogP contribution is -2.42. The highest BCUT2D eigenvalue weighted by atomic mass is 19.3. The molecule has 0 amide bonds. The highest BCUT2D eigenvalue weighted by Crippen LogP contribution is 2.39. The van der Waals surface area contributed by atoms with E-state index in [1.807, 2.05) is 32.0 Å². The third-order valence-electron chi connectivity index (χ3n) is 6.76. The maximum atomic E-state index is 15.0. The molecule has 2 N–H and O–H groups in total. The van der Waals surface area contributed by atoms with Gasteiger partial charge < -0.3 is 20.1 Å². The fourth-order valence-corrected chi connectivity index (χ4v) is 4.67. The summed E-state index contributed by atoms with van der Waals surface area (Å²) < 4.78 is 48.4. The second kappa shape index (κ2) is 9.22. The Bertz CT molecular complexity index is 1230.